The highest BCUT2D eigenvalue weighted by atomic mass is 14.5. The molecule has 2 fully saturated rings. The molecule has 5 atom stereocenters. The second-order valence-corrected chi connectivity index (χ2v) is 7.20. The minimum absolute atomic E-state index is 0.590. The molecule has 2 saturated carbocycles. The highest BCUT2D eigenvalue weighted by Crippen LogP contribution is 2.58. The number of allylic oxidation sites excluding steroid dienone is 4. The Kier molecular flexibility index (Phi) is 3.16. The molecule has 3 aliphatic rings. The monoisotopic (exact) mass is 244 g/mol. The summed E-state index contributed by atoms with van der Waals surface area (Å²) in [6, 6.07) is 0. The lowest BCUT2D eigenvalue weighted by Crippen LogP contribution is -2.47. The zero-order valence-electron chi connectivity index (χ0n) is 12.3. The van der Waals surface area contributed by atoms with Gasteiger partial charge in [-0.05, 0) is 54.8 Å². The van der Waals surface area contributed by atoms with Crippen molar-refractivity contribution in [2.45, 2.75) is 59.3 Å². The van der Waals surface area contributed by atoms with Crippen molar-refractivity contribution in [1.29, 1.82) is 0 Å². The van der Waals surface area contributed by atoms with Crippen LogP contribution in [0.4, 0.5) is 0 Å². The van der Waals surface area contributed by atoms with Gasteiger partial charge in [-0.2, -0.15) is 0 Å². The van der Waals surface area contributed by atoms with Crippen LogP contribution in [0.15, 0.2) is 23.8 Å². The highest BCUT2D eigenvalue weighted by Gasteiger charge is 2.50. The summed E-state index contributed by atoms with van der Waals surface area (Å²) in [6.45, 7) is 7.38. The van der Waals surface area contributed by atoms with Crippen LogP contribution in [0.3, 0.4) is 0 Å². The maximum Gasteiger partial charge on any atom is -0.0110 e. The standard InChI is InChI=1S/C18H28/c1-4-14-7-9-17-15(12-14)8-10-16-13(2)6-5-11-18(16,17)3/h7,9,12-13,15-17H,4-6,8,10-11H2,1-3H3/t13-,15?,16-,17?,18-/m0/s1. The van der Waals surface area contributed by atoms with Crippen molar-refractivity contribution >= 4 is 0 Å². The molecule has 2 unspecified atom stereocenters. The Morgan fingerprint density at radius 3 is 2.89 bits per heavy atom. The van der Waals surface area contributed by atoms with Crippen LogP contribution in [0.2, 0.25) is 0 Å². The molecule has 100 valence electrons. The minimum Gasteiger partial charge on any atom is -0.0800 e. The molecule has 0 heteroatoms. The Morgan fingerprint density at radius 2 is 2.11 bits per heavy atom. The molecule has 0 N–H and O–H groups in total. The summed E-state index contributed by atoms with van der Waals surface area (Å²) in [7, 11) is 0. The maximum atomic E-state index is 2.60. The van der Waals surface area contributed by atoms with E-state index < -0.39 is 0 Å². The SMILES string of the molecule is CCC1=CC2CC[C@H]3[C@@H](C)CCC[C@]3(C)C2C=C1. The van der Waals surface area contributed by atoms with Crippen LogP contribution in [0, 0.1) is 29.1 Å². The van der Waals surface area contributed by atoms with Crippen LogP contribution < -0.4 is 0 Å². The highest BCUT2D eigenvalue weighted by molar-refractivity contribution is 5.28. The van der Waals surface area contributed by atoms with Crippen molar-refractivity contribution in [2.75, 3.05) is 0 Å². The molecule has 0 aliphatic heterocycles. The number of hydrogen-bond acceptors (Lipinski definition) is 0. The Hall–Kier alpha value is -0.520. The van der Waals surface area contributed by atoms with E-state index in [1.165, 1.54) is 38.5 Å². The molecule has 18 heavy (non-hydrogen) atoms. The average Bonchev–Trinajstić information content (AvgIpc) is 2.38. The van der Waals surface area contributed by atoms with Gasteiger partial charge in [0.1, 0.15) is 0 Å². The van der Waals surface area contributed by atoms with Crippen molar-refractivity contribution in [3.63, 3.8) is 0 Å². The first-order chi connectivity index (χ1) is 8.65. The van der Waals surface area contributed by atoms with E-state index in [0.29, 0.717) is 5.41 Å². The van der Waals surface area contributed by atoms with Crippen LogP contribution in [0.25, 0.3) is 0 Å². The van der Waals surface area contributed by atoms with Gasteiger partial charge in [0.25, 0.3) is 0 Å². The van der Waals surface area contributed by atoms with Crippen molar-refractivity contribution < 1.29 is 0 Å². The summed E-state index contributed by atoms with van der Waals surface area (Å²) < 4.78 is 0. The Labute approximate surface area is 113 Å². The summed E-state index contributed by atoms with van der Waals surface area (Å²) in [4.78, 5) is 0. The molecule has 0 aromatic rings. The number of fused-ring (bicyclic) bond motifs is 3. The molecule has 0 aromatic carbocycles. The van der Waals surface area contributed by atoms with Crippen molar-refractivity contribution in [3.8, 4) is 0 Å². The second kappa shape index (κ2) is 4.54. The van der Waals surface area contributed by atoms with Crippen LogP contribution >= 0.6 is 0 Å². The first-order valence-corrected chi connectivity index (χ1v) is 8.04. The Balaban J connectivity index is 1.89. The summed E-state index contributed by atoms with van der Waals surface area (Å²) >= 11 is 0. The summed E-state index contributed by atoms with van der Waals surface area (Å²) in [5.74, 6) is 3.61. The summed E-state index contributed by atoms with van der Waals surface area (Å²) in [5, 5.41) is 0. The van der Waals surface area contributed by atoms with Crippen LogP contribution in [0.1, 0.15) is 59.3 Å². The van der Waals surface area contributed by atoms with E-state index in [1.54, 1.807) is 5.57 Å². The Morgan fingerprint density at radius 1 is 1.28 bits per heavy atom. The second-order valence-electron chi connectivity index (χ2n) is 7.20. The van der Waals surface area contributed by atoms with E-state index in [4.69, 9.17) is 0 Å². The van der Waals surface area contributed by atoms with E-state index in [0.717, 1.165) is 23.7 Å². The third kappa shape index (κ3) is 1.80. The van der Waals surface area contributed by atoms with Gasteiger partial charge in [0.05, 0.1) is 0 Å². The maximum absolute atomic E-state index is 2.60. The number of rotatable bonds is 1. The van der Waals surface area contributed by atoms with Crippen LogP contribution in [-0.4, -0.2) is 0 Å². The predicted octanol–water partition coefficient (Wildman–Crippen LogP) is 5.36. The van der Waals surface area contributed by atoms with Gasteiger partial charge in [-0.25, -0.2) is 0 Å². The first kappa shape index (κ1) is 12.5. The predicted molar refractivity (Wildman–Crippen MR) is 78.3 cm³/mol. The third-order valence-electron chi connectivity index (χ3n) is 6.30. The van der Waals surface area contributed by atoms with Gasteiger partial charge in [-0.1, -0.05) is 57.4 Å². The summed E-state index contributed by atoms with van der Waals surface area (Å²) in [6.07, 6.45) is 16.1. The molecule has 0 radical (unpaired) electrons. The van der Waals surface area contributed by atoms with E-state index in [1.807, 2.05) is 0 Å². The van der Waals surface area contributed by atoms with Crippen molar-refractivity contribution in [3.05, 3.63) is 23.8 Å². The third-order valence-corrected chi connectivity index (χ3v) is 6.30. The molecule has 0 amide bonds. The molecular weight excluding hydrogens is 216 g/mol. The van der Waals surface area contributed by atoms with E-state index in [2.05, 4.69) is 39.0 Å². The molecular formula is C18H28. The van der Waals surface area contributed by atoms with Gasteiger partial charge in [-0.15, -0.1) is 0 Å². The van der Waals surface area contributed by atoms with Crippen molar-refractivity contribution in [1.82, 2.24) is 0 Å². The fourth-order valence-corrected chi connectivity index (χ4v) is 5.25. The van der Waals surface area contributed by atoms with E-state index >= 15 is 0 Å². The fraction of sp³-hybridized carbons (Fsp3) is 0.778. The molecule has 3 aliphatic carbocycles. The lowest BCUT2D eigenvalue weighted by molar-refractivity contribution is -0.0297. The first-order valence-electron chi connectivity index (χ1n) is 8.04. The van der Waals surface area contributed by atoms with Gasteiger partial charge in [-0.3, -0.25) is 0 Å². The normalized spacial score (nSPS) is 47.2. The smallest absolute Gasteiger partial charge is 0.0110 e. The lowest BCUT2D eigenvalue weighted by atomic mass is 9.49. The minimum atomic E-state index is 0.590. The Bertz CT molecular complexity index is 375. The zero-order chi connectivity index (χ0) is 12.8. The van der Waals surface area contributed by atoms with Crippen LogP contribution in [-0.2, 0) is 0 Å². The lowest BCUT2D eigenvalue weighted by Gasteiger charge is -2.55. The molecule has 0 spiro atoms. The molecule has 0 aromatic heterocycles. The van der Waals surface area contributed by atoms with E-state index in [-0.39, 0.29) is 0 Å². The summed E-state index contributed by atoms with van der Waals surface area (Å²) in [5.41, 5.74) is 2.16. The number of hydrogen-bond donors (Lipinski definition) is 0. The van der Waals surface area contributed by atoms with Gasteiger partial charge < -0.3 is 0 Å². The van der Waals surface area contributed by atoms with E-state index in [9.17, 15) is 0 Å². The quantitative estimate of drug-likeness (QED) is 0.582. The largest absolute Gasteiger partial charge is 0.0800 e. The van der Waals surface area contributed by atoms with Crippen LogP contribution in [0.5, 0.6) is 0 Å². The molecule has 0 heterocycles. The van der Waals surface area contributed by atoms with Gasteiger partial charge in [0.15, 0.2) is 0 Å². The van der Waals surface area contributed by atoms with Gasteiger partial charge in [0, 0.05) is 0 Å². The molecule has 0 nitrogen and oxygen atoms in total. The van der Waals surface area contributed by atoms with Crippen molar-refractivity contribution in [2.24, 2.45) is 29.1 Å². The average molecular weight is 244 g/mol. The zero-order valence-corrected chi connectivity index (χ0v) is 12.3. The topological polar surface area (TPSA) is 0 Å². The van der Waals surface area contributed by atoms with Gasteiger partial charge in [0.2, 0.25) is 0 Å². The molecule has 0 saturated heterocycles. The molecule has 0 bridgehead atoms. The fourth-order valence-electron chi connectivity index (χ4n) is 5.25. The van der Waals surface area contributed by atoms with Gasteiger partial charge >= 0.3 is 0 Å². The molecule has 3 rings (SSSR count).